The highest BCUT2D eigenvalue weighted by Gasteiger charge is 2.20. The fourth-order valence-corrected chi connectivity index (χ4v) is 4.71. The minimum Gasteiger partial charge on any atom is -0.478 e. The van der Waals surface area contributed by atoms with Gasteiger partial charge in [0.1, 0.15) is 5.75 Å². The van der Waals surface area contributed by atoms with Crippen molar-refractivity contribution in [2.45, 2.75) is 25.2 Å². The first-order chi connectivity index (χ1) is 19.1. The predicted octanol–water partition coefficient (Wildman–Crippen LogP) is 6.96. The van der Waals surface area contributed by atoms with Crippen LogP contribution >= 0.6 is 0 Å². The Morgan fingerprint density at radius 2 is 1.31 bits per heavy atom. The van der Waals surface area contributed by atoms with Crippen molar-refractivity contribution >= 4 is 11.9 Å². The number of aryl methyl sites for hydroxylation is 1. The Labute approximate surface area is 230 Å². The molecule has 0 saturated heterocycles. The van der Waals surface area contributed by atoms with Crippen molar-refractivity contribution in [2.75, 3.05) is 13.1 Å². The minimum absolute atomic E-state index is 0.0180. The summed E-state index contributed by atoms with van der Waals surface area (Å²) in [5.74, 6) is -0.256. The SMILES string of the molecule is O=C(O)C=COc1ccccc1CCCN(CCC(c1ccccc1)c1ccccc1)C(=O)c1ccccc1. The van der Waals surface area contributed by atoms with Gasteiger partial charge in [0, 0.05) is 24.6 Å². The Balaban J connectivity index is 1.49. The van der Waals surface area contributed by atoms with Gasteiger partial charge in [0.15, 0.2) is 0 Å². The normalized spacial score (nSPS) is 11.0. The molecule has 1 N–H and O–H groups in total. The molecule has 5 nitrogen and oxygen atoms in total. The van der Waals surface area contributed by atoms with Crippen molar-refractivity contribution in [3.63, 3.8) is 0 Å². The van der Waals surface area contributed by atoms with E-state index in [-0.39, 0.29) is 11.8 Å². The maximum atomic E-state index is 13.6. The summed E-state index contributed by atoms with van der Waals surface area (Å²) < 4.78 is 5.56. The summed E-state index contributed by atoms with van der Waals surface area (Å²) in [4.78, 5) is 26.3. The van der Waals surface area contributed by atoms with E-state index in [1.54, 1.807) is 0 Å². The molecule has 4 aromatic carbocycles. The van der Waals surface area contributed by atoms with Crippen LogP contribution in [0.5, 0.6) is 5.75 Å². The lowest BCUT2D eigenvalue weighted by molar-refractivity contribution is -0.131. The smallest absolute Gasteiger partial charge is 0.331 e. The number of carboxylic acids is 1. The van der Waals surface area contributed by atoms with Crippen LogP contribution < -0.4 is 4.74 Å². The van der Waals surface area contributed by atoms with Crippen LogP contribution in [0.1, 0.15) is 45.8 Å². The monoisotopic (exact) mass is 519 g/mol. The second-order valence-electron chi connectivity index (χ2n) is 9.29. The van der Waals surface area contributed by atoms with Gasteiger partial charge in [-0.05, 0) is 54.2 Å². The molecule has 0 unspecified atom stereocenters. The van der Waals surface area contributed by atoms with Crippen LogP contribution in [0.15, 0.2) is 128 Å². The molecule has 4 aromatic rings. The average Bonchev–Trinajstić information content (AvgIpc) is 2.98. The Morgan fingerprint density at radius 1 is 0.744 bits per heavy atom. The molecule has 0 saturated carbocycles. The van der Waals surface area contributed by atoms with Crippen LogP contribution in [-0.2, 0) is 11.2 Å². The van der Waals surface area contributed by atoms with E-state index >= 15 is 0 Å². The third-order valence-corrected chi connectivity index (χ3v) is 6.65. The molecule has 0 bridgehead atoms. The van der Waals surface area contributed by atoms with Gasteiger partial charge < -0.3 is 14.7 Å². The largest absolute Gasteiger partial charge is 0.478 e. The van der Waals surface area contributed by atoms with Gasteiger partial charge in [0.2, 0.25) is 0 Å². The van der Waals surface area contributed by atoms with E-state index in [4.69, 9.17) is 9.84 Å². The zero-order valence-corrected chi connectivity index (χ0v) is 21.9. The number of para-hydroxylation sites is 1. The summed E-state index contributed by atoms with van der Waals surface area (Å²) in [6.07, 6.45) is 4.37. The summed E-state index contributed by atoms with van der Waals surface area (Å²) in [6.45, 7) is 1.20. The number of ether oxygens (including phenoxy) is 1. The van der Waals surface area contributed by atoms with Crippen LogP contribution in [0.4, 0.5) is 0 Å². The van der Waals surface area contributed by atoms with Crippen molar-refractivity contribution in [1.82, 2.24) is 4.90 Å². The lowest BCUT2D eigenvalue weighted by atomic mass is 9.88. The molecule has 4 rings (SSSR count). The maximum absolute atomic E-state index is 13.6. The van der Waals surface area contributed by atoms with Gasteiger partial charge >= 0.3 is 5.97 Å². The lowest BCUT2D eigenvalue weighted by Gasteiger charge is -2.26. The van der Waals surface area contributed by atoms with E-state index in [1.165, 1.54) is 17.4 Å². The number of carbonyl (C=O) groups is 2. The lowest BCUT2D eigenvalue weighted by Crippen LogP contribution is -2.34. The van der Waals surface area contributed by atoms with Gasteiger partial charge in [0.05, 0.1) is 12.3 Å². The summed E-state index contributed by atoms with van der Waals surface area (Å²) in [5.41, 5.74) is 4.11. The van der Waals surface area contributed by atoms with Crippen molar-refractivity contribution in [3.05, 3.63) is 150 Å². The fourth-order valence-electron chi connectivity index (χ4n) is 4.71. The third-order valence-electron chi connectivity index (χ3n) is 6.65. The highest BCUT2D eigenvalue weighted by Crippen LogP contribution is 2.28. The number of rotatable bonds is 13. The first kappa shape index (κ1) is 27.4. The van der Waals surface area contributed by atoms with Crippen molar-refractivity contribution in [1.29, 1.82) is 0 Å². The average molecular weight is 520 g/mol. The van der Waals surface area contributed by atoms with Crippen LogP contribution in [0.25, 0.3) is 0 Å². The van der Waals surface area contributed by atoms with E-state index in [0.29, 0.717) is 30.8 Å². The number of hydrogen-bond donors (Lipinski definition) is 1. The topological polar surface area (TPSA) is 66.8 Å². The van der Waals surface area contributed by atoms with E-state index in [1.807, 2.05) is 71.6 Å². The molecule has 198 valence electrons. The maximum Gasteiger partial charge on any atom is 0.331 e. The molecule has 0 heterocycles. The van der Waals surface area contributed by atoms with Crippen LogP contribution in [-0.4, -0.2) is 35.0 Å². The van der Waals surface area contributed by atoms with E-state index < -0.39 is 5.97 Å². The van der Waals surface area contributed by atoms with Gasteiger partial charge in [-0.1, -0.05) is 97.1 Å². The Bertz CT molecular complexity index is 1310. The van der Waals surface area contributed by atoms with Gasteiger partial charge in [-0.2, -0.15) is 0 Å². The summed E-state index contributed by atoms with van der Waals surface area (Å²) >= 11 is 0. The number of benzene rings is 4. The zero-order chi connectivity index (χ0) is 27.3. The Kier molecular flexibility index (Phi) is 10.1. The van der Waals surface area contributed by atoms with E-state index in [9.17, 15) is 9.59 Å². The molecule has 0 aromatic heterocycles. The molecule has 1 amide bonds. The number of carbonyl (C=O) groups excluding carboxylic acids is 1. The number of amides is 1. The van der Waals surface area contributed by atoms with Gasteiger partial charge in [-0.15, -0.1) is 0 Å². The molecule has 0 radical (unpaired) electrons. The Morgan fingerprint density at radius 3 is 1.92 bits per heavy atom. The molecule has 5 heteroatoms. The van der Waals surface area contributed by atoms with Crippen LogP contribution in [0.3, 0.4) is 0 Å². The van der Waals surface area contributed by atoms with Gasteiger partial charge in [-0.25, -0.2) is 4.79 Å². The number of aliphatic carboxylic acids is 1. The molecule has 0 fully saturated rings. The first-order valence-electron chi connectivity index (χ1n) is 13.2. The quantitative estimate of drug-likeness (QED) is 0.153. The molecule has 0 aliphatic carbocycles. The van der Waals surface area contributed by atoms with E-state index in [2.05, 4.69) is 48.5 Å². The second-order valence-corrected chi connectivity index (χ2v) is 9.29. The van der Waals surface area contributed by atoms with Crippen LogP contribution in [0.2, 0.25) is 0 Å². The highest BCUT2D eigenvalue weighted by molar-refractivity contribution is 5.94. The zero-order valence-electron chi connectivity index (χ0n) is 21.9. The fraction of sp³-hybridized carbons (Fsp3) is 0.176. The molecular formula is C34H33NO4. The van der Waals surface area contributed by atoms with Crippen LogP contribution in [0, 0.1) is 0 Å². The molecule has 0 aliphatic heterocycles. The third kappa shape index (κ3) is 8.17. The van der Waals surface area contributed by atoms with Gasteiger partial charge in [-0.3, -0.25) is 4.79 Å². The summed E-state index contributed by atoms with van der Waals surface area (Å²) in [7, 11) is 0. The van der Waals surface area contributed by atoms with Crippen molar-refractivity contribution in [2.24, 2.45) is 0 Å². The molecule has 0 atom stereocenters. The molecule has 39 heavy (non-hydrogen) atoms. The van der Waals surface area contributed by atoms with Gasteiger partial charge in [0.25, 0.3) is 5.91 Å². The summed E-state index contributed by atoms with van der Waals surface area (Å²) in [6, 6.07) is 37.9. The predicted molar refractivity (Wildman–Crippen MR) is 154 cm³/mol. The number of nitrogens with zero attached hydrogens (tertiary/aromatic N) is 1. The minimum atomic E-state index is -1.06. The Hall–Kier alpha value is -4.64. The molecule has 0 spiro atoms. The standard InChI is InChI=1S/C34H33NO4/c36-33(37)23-26-39-32-21-11-10-17-29(32)20-12-24-35(34(38)30-18-8-3-9-19-30)25-22-31(27-13-4-1-5-14-27)28-15-6-2-7-16-28/h1-11,13-19,21,23,26,31H,12,20,22,24-25H2,(H,36,37). The van der Waals surface area contributed by atoms with Crippen molar-refractivity contribution < 1.29 is 19.4 Å². The first-order valence-corrected chi connectivity index (χ1v) is 13.2. The highest BCUT2D eigenvalue weighted by atomic mass is 16.5. The number of carboxylic acid groups (broad SMARTS) is 1. The van der Waals surface area contributed by atoms with Crippen molar-refractivity contribution in [3.8, 4) is 5.75 Å². The van der Waals surface area contributed by atoms with E-state index in [0.717, 1.165) is 24.5 Å². The summed E-state index contributed by atoms with van der Waals surface area (Å²) in [5, 5.41) is 8.84. The molecule has 0 aliphatic rings. The molecular weight excluding hydrogens is 486 g/mol. The second kappa shape index (κ2) is 14.3. The number of hydrogen-bond acceptors (Lipinski definition) is 3.